The Labute approximate surface area is 168 Å². The van der Waals surface area contributed by atoms with Crippen molar-refractivity contribution in [1.82, 2.24) is 0 Å². The van der Waals surface area contributed by atoms with Crippen LogP contribution in [0.5, 0.6) is 5.75 Å². The van der Waals surface area contributed by atoms with Crippen LogP contribution in [-0.2, 0) is 9.53 Å². The maximum Gasteiger partial charge on any atom is 0.338 e. The molecular formula is C21H24BrNO4. The van der Waals surface area contributed by atoms with Gasteiger partial charge in [0, 0.05) is 5.69 Å². The van der Waals surface area contributed by atoms with Crippen LogP contribution in [0.1, 0.15) is 49.0 Å². The molecule has 27 heavy (non-hydrogen) atoms. The van der Waals surface area contributed by atoms with Crippen molar-refractivity contribution in [2.75, 3.05) is 18.5 Å². The number of amides is 1. The zero-order chi connectivity index (χ0) is 19.8. The van der Waals surface area contributed by atoms with Gasteiger partial charge in [0.1, 0.15) is 5.75 Å². The van der Waals surface area contributed by atoms with E-state index < -0.39 is 5.97 Å². The van der Waals surface area contributed by atoms with Crippen LogP contribution in [0.4, 0.5) is 5.69 Å². The Bertz CT molecular complexity index is 805. The highest BCUT2D eigenvalue weighted by molar-refractivity contribution is 9.10. The Kier molecular flexibility index (Phi) is 7.85. The average molecular weight is 434 g/mol. The molecule has 2 aromatic carbocycles. The lowest BCUT2D eigenvalue weighted by molar-refractivity contribution is -0.118. The number of carbonyl (C=O) groups excluding carboxylic acids is 2. The van der Waals surface area contributed by atoms with Gasteiger partial charge in [-0.3, -0.25) is 4.79 Å². The van der Waals surface area contributed by atoms with E-state index in [4.69, 9.17) is 9.47 Å². The molecule has 0 aromatic heterocycles. The largest absolute Gasteiger partial charge is 0.483 e. The van der Waals surface area contributed by atoms with E-state index in [2.05, 4.69) is 35.1 Å². The molecule has 0 saturated carbocycles. The van der Waals surface area contributed by atoms with Gasteiger partial charge in [0.15, 0.2) is 6.61 Å². The molecule has 2 aromatic rings. The Morgan fingerprint density at radius 2 is 1.93 bits per heavy atom. The first-order valence-corrected chi connectivity index (χ1v) is 9.69. The number of nitrogens with one attached hydrogen (secondary N) is 1. The molecule has 0 aliphatic carbocycles. The van der Waals surface area contributed by atoms with Gasteiger partial charge in [-0.15, -0.1) is 0 Å². The van der Waals surface area contributed by atoms with Gasteiger partial charge in [-0.25, -0.2) is 4.79 Å². The minimum absolute atomic E-state index is 0.135. The van der Waals surface area contributed by atoms with E-state index in [1.807, 2.05) is 25.1 Å². The molecule has 0 saturated heterocycles. The van der Waals surface area contributed by atoms with Crippen molar-refractivity contribution in [3.8, 4) is 5.75 Å². The number of rotatable bonds is 8. The quantitative estimate of drug-likeness (QED) is 0.584. The van der Waals surface area contributed by atoms with Crippen molar-refractivity contribution >= 4 is 33.5 Å². The standard InChI is InChI=1S/C21H24BrNO4/c1-4-10-26-21(25)16-6-5-7-17(11-16)23-20(24)13-27-19-9-8-15(14(2)3)12-18(19)22/h5-9,11-12,14H,4,10,13H2,1-3H3,(H,23,24). The lowest BCUT2D eigenvalue weighted by Gasteiger charge is -2.12. The third-order valence-corrected chi connectivity index (χ3v) is 4.42. The molecule has 144 valence electrons. The van der Waals surface area contributed by atoms with Crippen LogP contribution >= 0.6 is 15.9 Å². The first kappa shape index (κ1) is 21.0. The highest BCUT2D eigenvalue weighted by atomic mass is 79.9. The maximum absolute atomic E-state index is 12.2. The van der Waals surface area contributed by atoms with Crippen LogP contribution in [0.15, 0.2) is 46.9 Å². The molecule has 0 unspecified atom stereocenters. The molecular weight excluding hydrogens is 410 g/mol. The lowest BCUT2D eigenvalue weighted by atomic mass is 10.0. The summed E-state index contributed by atoms with van der Waals surface area (Å²) in [5.74, 6) is 0.300. The van der Waals surface area contributed by atoms with Crippen LogP contribution in [0.25, 0.3) is 0 Å². The van der Waals surface area contributed by atoms with E-state index >= 15 is 0 Å². The highest BCUT2D eigenvalue weighted by Gasteiger charge is 2.11. The lowest BCUT2D eigenvalue weighted by Crippen LogP contribution is -2.20. The van der Waals surface area contributed by atoms with Gasteiger partial charge in [0.25, 0.3) is 5.91 Å². The fraction of sp³-hybridized carbons (Fsp3) is 0.333. The third-order valence-electron chi connectivity index (χ3n) is 3.80. The molecule has 0 aliphatic heterocycles. The molecule has 2 rings (SSSR count). The number of hydrogen-bond acceptors (Lipinski definition) is 4. The molecule has 0 heterocycles. The smallest absolute Gasteiger partial charge is 0.338 e. The van der Waals surface area contributed by atoms with Crippen molar-refractivity contribution < 1.29 is 19.1 Å². The summed E-state index contributed by atoms with van der Waals surface area (Å²) >= 11 is 3.47. The predicted molar refractivity (Wildman–Crippen MR) is 109 cm³/mol. The average Bonchev–Trinajstić information content (AvgIpc) is 2.65. The summed E-state index contributed by atoms with van der Waals surface area (Å²) in [6.45, 7) is 6.39. The summed E-state index contributed by atoms with van der Waals surface area (Å²) < 4.78 is 11.5. The van der Waals surface area contributed by atoms with Crippen molar-refractivity contribution in [2.24, 2.45) is 0 Å². The molecule has 0 radical (unpaired) electrons. The van der Waals surface area contributed by atoms with Gasteiger partial charge in [0.2, 0.25) is 0 Å². The Morgan fingerprint density at radius 1 is 1.15 bits per heavy atom. The molecule has 6 heteroatoms. The molecule has 0 spiro atoms. The van der Waals surface area contributed by atoms with E-state index in [0.717, 1.165) is 10.9 Å². The van der Waals surface area contributed by atoms with Crippen molar-refractivity contribution in [1.29, 1.82) is 0 Å². The first-order chi connectivity index (χ1) is 12.9. The highest BCUT2D eigenvalue weighted by Crippen LogP contribution is 2.28. The van der Waals surface area contributed by atoms with Crippen LogP contribution in [-0.4, -0.2) is 25.1 Å². The minimum atomic E-state index is -0.404. The number of halogens is 1. The minimum Gasteiger partial charge on any atom is -0.483 e. The second-order valence-electron chi connectivity index (χ2n) is 6.40. The van der Waals surface area contributed by atoms with Crippen LogP contribution in [0.3, 0.4) is 0 Å². The van der Waals surface area contributed by atoms with E-state index in [1.165, 1.54) is 5.56 Å². The number of ether oxygens (including phenoxy) is 2. The van der Waals surface area contributed by atoms with E-state index in [0.29, 0.717) is 29.5 Å². The van der Waals surface area contributed by atoms with E-state index in [9.17, 15) is 9.59 Å². The number of benzene rings is 2. The van der Waals surface area contributed by atoms with Crippen LogP contribution in [0, 0.1) is 0 Å². The summed E-state index contributed by atoms with van der Waals surface area (Å²) in [6.07, 6.45) is 0.757. The van der Waals surface area contributed by atoms with Crippen LogP contribution in [0.2, 0.25) is 0 Å². The van der Waals surface area contributed by atoms with E-state index in [1.54, 1.807) is 24.3 Å². The van der Waals surface area contributed by atoms with Gasteiger partial charge in [-0.1, -0.05) is 32.9 Å². The summed E-state index contributed by atoms with van der Waals surface area (Å²) in [5.41, 5.74) is 2.10. The summed E-state index contributed by atoms with van der Waals surface area (Å²) in [4.78, 5) is 24.1. The van der Waals surface area contributed by atoms with Crippen molar-refractivity contribution in [3.63, 3.8) is 0 Å². The van der Waals surface area contributed by atoms with Gasteiger partial charge in [-0.05, 0) is 64.2 Å². The van der Waals surface area contributed by atoms with Crippen molar-refractivity contribution in [2.45, 2.75) is 33.1 Å². The van der Waals surface area contributed by atoms with Gasteiger partial charge < -0.3 is 14.8 Å². The molecule has 1 amide bonds. The normalized spacial score (nSPS) is 10.6. The molecule has 0 bridgehead atoms. The number of anilines is 1. The fourth-order valence-electron chi connectivity index (χ4n) is 2.34. The topological polar surface area (TPSA) is 64.6 Å². The third kappa shape index (κ3) is 6.40. The van der Waals surface area contributed by atoms with Gasteiger partial charge in [0.05, 0.1) is 16.6 Å². The zero-order valence-electron chi connectivity index (χ0n) is 15.8. The molecule has 0 fully saturated rings. The predicted octanol–water partition coefficient (Wildman–Crippen LogP) is 5.16. The SMILES string of the molecule is CCCOC(=O)c1cccc(NC(=O)COc2ccc(C(C)C)cc2Br)c1. The molecule has 0 aliphatic rings. The fourth-order valence-corrected chi connectivity index (χ4v) is 2.85. The summed E-state index contributed by atoms with van der Waals surface area (Å²) in [5, 5.41) is 2.73. The molecule has 5 nitrogen and oxygen atoms in total. The first-order valence-electron chi connectivity index (χ1n) is 8.90. The van der Waals surface area contributed by atoms with Gasteiger partial charge >= 0.3 is 5.97 Å². The van der Waals surface area contributed by atoms with Crippen molar-refractivity contribution in [3.05, 3.63) is 58.1 Å². The Balaban J connectivity index is 1.93. The Hall–Kier alpha value is -2.34. The number of hydrogen-bond donors (Lipinski definition) is 1. The summed E-state index contributed by atoms with van der Waals surface area (Å²) in [7, 11) is 0. The number of esters is 1. The second-order valence-corrected chi connectivity index (χ2v) is 7.25. The second kappa shape index (κ2) is 10.1. The summed E-state index contributed by atoms with van der Waals surface area (Å²) in [6, 6.07) is 12.5. The zero-order valence-corrected chi connectivity index (χ0v) is 17.3. The Morgan fingerprint density at radius 3 is 2.59 bits per heavy atom. The van der Waals surface area contributed by atoms with E-state index in [-0.39, 0.29) is 12.5 Å². The maximum atomic E-state index is 12.2. The van der Waals surface area contributed by atoms with Gasteiger partial charge in [-0.2, -0.15) is 0 Å². The monoisotopic (exact) mass is 433 g/mol. The van der Waals surface area contributed by atoms with Crippen LogP contribution < -0.4 is 10.1 Å². The molecule has 1 N–H and O–H groups in total. The number of carbonyl (C=O) groups is 2. The molecule has 0 atom stereocenters.